The molecule has 33 heavy (non-hydrogen) atoms. The summed E-state index contributed by atoms with van der Waals surface area (Å²) in [4.78, 5) is 46.2. The zero-order valence-electron chi connectivity index (χ0n) is 18.8. The molecule has 7 nitrogen and oxygen atoms in total. The minimum absolute atomic E-state index is 0.0469. The minimum Gasteiger partial charge on any atom is -0.342 e. The minimum atomic E-state index is -0.384. The van der Waals surface area contributed by atoms with Crippen LogP contribution in [0.4, 0.5) is 10.2 Å². The Morgan fingerprint density at radius 1 is 0.939 bits per heavy atom. The number of hydrogen-bond acceptors (Lipinski definition) is 4. The number of carbonyl (C=O) groups excluding carboxylic acids is 3. The number of rotatable bonds is 4. The summed E-state index contributed by atoms with van der Waals surface area (Å²) in [6, 6.07) is 9.19. The highest BCUT2D eigenvalue weighted by Gasteiger charge is 2.34. The van der Waals surface area contributed by atoms with Gasteiger partial charge in [-0.2, -0.15) is 0 Å². The summed E-state index contributed by atoms with van der Waals surface area (Å²) in [5.74, 6) is -0.432. The van der Waals surface area contributed by atoms with Gasteiger partial charge < -0.3 is 15.1 Å². The summed E-state index contributed by atoms with van der Waals surface area (Å²) < 4.78 is 13.2. The van der Waals surface area contributed by atoms with Gasteiger partial charge in [0.25, 0.3) is 5.91 Å². The maximum Gasteiger partial charge on any atom is 0.253 e. The van der Waals surface area contributed by atoms with Gasteiger partial charge in [0.2, 0.25) is 11.8 Å². The normalized spacial score (nSPS) is 19.3. The monoisotopic (exact) mass is 452 g/mol. The highest BCUT2D eigenvalue weighted by molar-refractivity contribution is 5.95. The standard InChI is InChI=1S/C25H29FN4O3/c1-17-4-9-22(27-15-17)28-23(31)18-10-13-29(14-11-18)25(33)20-3-2-12-30(16-20)24(32)19-5-7-21(26)8-6-19/h4-9,15,18,20H,2-3,10-14,16H2,1H3,(H,27,28,31). The number of likely N-dealkylation sites (tertiary alicyclic amines) is 2. The molecule has 2 saturated heterocycles. The summed E-state index contributed by atoms with van der Waals surface area (Å²) in [7, 11) is 0. The fourth-order valence-electron chi connectivity index (χ4n) is 4.53. The second kappa shape index (κ2) is 10.1. The number of benzene rings is 1. The first-order chi connectivity index (χ1) is 15.9. The topological polar surface area (TPSA) is 82.6 Å². The molecular weight excluding hydrogens is 423 g/mol. The molecule has 0 bridgehead atoms. The second-order valence-corrected chi connectivity index (χ2v) is 8.91. The van der Waals surface area contributed by atoms with Crippen molar-refractivity contribution in [1.29, 1.82) is 0 Å². The molecule has 2 fully saturated rings. The van der Waals surface area contributed by atoms with Gasteiger partial charge in [-0.15, -0.1) is 0 Å². The number of halogens is 1. The first kappa shape index (κ1) is 22.9. The largest absolute Gasteiger partial charge is 0.342 e. The van der Waals surface area contributed by atoms with Gasteiger partial charge in [-0.05, 0) is 68.5 Å². The summed E-state index contributed by atoms with van der Waals surface area (Å²) in [6.07, 6.45) is 4.42. The van der Waals surface area contributed by atoms with E-state index in [0.29, 0.717) is 50.4 Å². The molecular formula is C25H29FN4O3. The Labute approximate surface area is 193 Å². The number of hydrogen-bond donors (Lipinski definition) is 1. The average Bonchev–Trinajstić information content (AvgIpc) is 2.85. The van der Waals surface area contributed by atoms with Crippen LogP contribution in [0.2, 0.25) is 0 Å². The molecule has 0 spiro atoms. The Morgan fingerprint density at radius 2 is 1.67 bits per heavy atom. The van der Waals surface area contributed by atoms with Crippen molar-refractivity contribution >= 4 is 23.5 Å². The molecule has 0 aliphatic carbocycles. The lowest BCUT2D eigenvalue weighted by Gasteiger charge is -2.37. The molecule has 2 aromatic rings. The van der Waals surface area contributed by atoms with E-state index >= 15 is 0 Å². The number of nitrogens with one attached hydrogen (secondary N) is 1. The Hall–Kier alpha value is -3.29. The van der Waals surface area contributed by atoms with Crippen molar-refractivity contribution in [2.24, 2.45) is 11.8 Å². The molecule has 8 heteroatoms. The number of aryl methyl sites for hydroxylation is 1. The number of aromatic nitrogens is 1. The van der Waals surface area contributed by atoms with Crippen LogP contribution in [0.25, 0.3) is 0 Å². The molecule has 0 radical (unpaired) electrons. The van der Waals surface area contributed by atoms with E-state index in [9.17, 15) is 18.8 Å². The molecule has 0 saturated carbocycles. The van der Waals surface area contributed by atoms with Crippen molar-refractivity contribution < 1.29 is 18.8 Å². The Kier molecular flexibility index (Phi) is 7.01. The summed E-state index contributed by atoms with van der Waals surface area (Å²) in [5.41, 5.74) is 1.46. The number of anilines is 1. The Morgan fingerprint density at radius 3 is 2.33 bits per heavy atom. The van der Waals surface area contributed by atoms with Crippen LogP contribution in [0.3, 0.4) is 0 Å². The van der Waals surface area contributed by atoms with Crippen molar-refractivity contribution in [1.82, 2.24) is 14.8 Å². The molecule has 1 unspecified atom stereocenters. The summed E-state index contributed by atoms with van der Waals surface area (Å²) >= 11 is 0. The maximum absolute atomic E-state index is 13.2. The van der Waals surface area contributed by atoms with Crippen LogP contribution in [0, 0.1) is 24.6 Å². The van der Waals surface area contributed by atoms with Crippen LogP contribution < -0.4 is 5.32 Å². The van der Waals surface area contributed by atoms with Crippen LogP contribution in [0.15, 0.2) is 42.6 Å². The third-order valence-electron chi connectivity index (χ3n) is 6.49. The van der Waals surface area contributed by atoms with Gasteiger partial charge in [-0.1, -0.05) is 6.07 Å². The lowest BCUT2D eigenvalue weighted by Crippen LogP contribution is -2.49. The zero-order chi connectivity index (χ0) is 23.4. The highest BCUT2D eigenvalue weighted by atomic mass is 19.1. The summed E-state index contributed by atoms with van der Waals surface area (Å²) in [5, 5.41) is 2.86. The van der Waals surface area contributed by atoms with E-state index < -0.39 is 0 Å². The third kappa shape index (κ3) is 5.56. The van der Waals surface area contributed by atoms with Crippen molar-refractivity contribution in [2.75, 3.05) is 31.5 Å². The molecule has 1 aromatic heterocycles. The van der Waals surface area contributed by atoms with Gasteiger partial charge in [0.05, 0.1) is 5.92 Å². The van der Waals surface area contributed by atoms with E-state index in [1.165, 1.54) is 24.3 Å². The van der Waals surface area contributed by atoms with Crippen molar-refractivity contribution in [3.05, 3.63) is 59.5 Å². The van der Waals surface area contributed by atoms with Crippen LogP contribution >= 0.6 is 0 Å². The van der Waals surface area contributed by atoms with Crippen LogP contribution in [0.5, 0.6) is 0 Å². The van der Waals surface area contributed by atoms with E-state index in [1.807, 2.05) is 17.9 Å². The van der Waals surface area contributed by atoms with Gasteiger partial charge in [0.15, 0.2) is 0 Å². The third-order valence-corrected chi connectivity index (χ3v) is 6.49. The number of nitrogens with zero attached hydrogens (tertiary/aromatic N) is 3. The average molecular weight is 453 g/mol. The van der Waals surface area contributed by atoms with Crippen molar-refractivity contribution in [3.8, 4) is 0 Å². The van der Waals surface area contributed by atoms with Gasteiger partial charge in [-0.25, -0.2) is 9.37 Å². The lowest BCUT2D eigenvalue weighted by atomic mass is 9.92. The van der Waals surface area contributed by atoms with Crippen LogP contribution in [-0.4, -0.2) is 58.7 Å². The highest BCUT2D eigenvalue weighted by Crippen LogP contribution is 2.25. The molecule has 3 heterocycles. The predicted octanol–water partition coefficient (Wildman–Crippen LogP) is 3.26. The molecule has 3 amide bonds. The fourth-order valence-corrected chi connectivity index (χ4v) is 4.53. The summed E-state index contributed by atoms with van der Waals surface area (Å²) in [6.45, 7) is 3.96. The van der Waals surface area contributed by atoms with Gasteiger partial charge in [0, 0.05) is 43.9 Å². The van der Waals surface area contributed by atoms with Crippen molar-refractivity contribution in [3.63, 3.8) is 0 Å². The smallest absolute Gasteiger partial charge is 0.253 e. The van der Waals surface area contributed by atoms with E-state index in [0.717, 1.165) is 18.4 Å². The quantitative estimate of drug-likeness (QED) is 0.772. The molecule has 174 valence electrons. The van der Waals surface area contributed by atoms with Gasteiger partial charge >= 0.3 is 0 Å². The first-order valence-electron chi connectivity index (χ1n) is 11.5. The van der Waals surface area contributed by atoms with Crippen molar-refractivity contribution in [2.45, 2.75) is 32.6 Å². The number of carbonyl (C=O) groups is 3. The second-order valence-electron chi connectivity index (χ2n) is 8.91. The number of piperidine rings is 2. The molecule has 1 aromatic carbocycles. The maximum atomic E-state index is 13.2. The van der Waals surface area contributed by atoms with E-state index in [1.54, 1.807) is 17.2 Å². The Bertz CT molecular complexity index is 1000. The molecule has 2 aliphatic heterocycles. The molecule has 1 N–H and O–H groups in total. The van der Waals surface area contributed by atoms with E-state index in [4.69, 9.17) is 0 Å². The predicted molar refractivity (Wildman–Crippen MR) is 122 cm³/mol. The number of pyridine rings is 1. The SMILES string of the molecule is Cc1ccc(NC(=O)C2CCN(C(=O)C3CCCN(C(=O)c4ccc(F)cc4)C3)CC2)nc1. The Balaban J connectivity index is 1.29. The fraction of sp³-hybridized carbons (Fsp3) is 0.440. The first-order valence-corrected chi connectivity index (χ1v) is 11.5. The van der Waals surface area contributed by atoms with Gasteiger partial charge in [0.1, 0.15) is 11.6 Å². The van der Waals surface area contributed by atoms with Crippen LogP contribution in [-0.2, 0) is 9.59 Å². The van der Waals surface area contributed by atoms with Gasteiger partial charge in [-0.3, -0.25) is 14.4 Å². The van der Waals surface area contributed by atoms with E-state index in [2.05, 4.69) is 10.3 Å². The molecule has 2 aliphatic rings. The lowest BCUT2D eigenvalue weighted by molar-refractivity contribution is -0.139. The number of amides is 3. The molecule has 4 rings (SSSR count). The molecule has 1 atom stereocenters. The van der Waals surface area contributed by atoms with Crippen LogP contribution in [0.1, 0.15) is 41.6 Å². The zero-order valence-corrected chi connectivity index (χ0v) is 18.8. The van der Waals surface area contributed by atoms with E-state index in [-0.39, 0.29) is 35.4 Å².